The van der Waals surface area contributed by atoms with Crippen LogP contribution in [0.1, 0.15) is 38.9 Å². The number of allylic oxidation sites excluding steroid dienone is 3. The molecule has 1 heterocycles. The molecule has 3 N–H and O–H groups in total. The number of primary amides is 1. The van der Waals surface area contributed by atoms with Crippen LogP contribution in [0, 0.1) is 0 Å². The highest BCUT2D eigenvalue weighted by Crippen LogP contribution is 2.17. The first-order valence-electron chi connectivity index (χ1n) is 6.37. The van der Waals surface area contributed by atoms with Gasteiger partial charge < -0.3 is 11.1 Å². The normalized spacial score (nSPS) is 14.8. The second-order valence-electron chi connectivity index (χ2n) is 4.82. The van der Waals surface area contributed by atoms with E-state index in [0.29, 0.717) is 0 Å². The van der Waals surface area contributed by atoms with Gasteiger partial charge in [-0.05, 0) is 43.0 Å². The minimum atomic E-state index is -0.360. The Balaban J connectivity index is 2.95. The van der Waals surface area contributed by atoms with E-state index in [-0.39, 0.29) is 18.4 Å². The van der Waals surface area contributed by atoms with Crippen LogP contribution in [0.5, 0.6) is 0 Å². The Bertz CT molecular complexity index is 541. The highest BCUT2D eigenvalue weighted by atomic mass is 79.9. The molecule has 110 valence electrons. The number of aryl methyl sites for hydroxylation is 1. The van der Waals surface area contributed by atoms with E-state index in [2.05, 4.69) is 26.3 Å². The van der Waals surface area contributed by atoms with Crippen LogP contribution in [0.15, 0.2) is 34.1 Å². The molecule has 1 amide bonds. The van der Waals surface area contributed by atoms with E-state index in [9.17, 15) is 4.79 Å². The van der Waals surface area contributed by atoms with Crippen LogP contribution >= 0.6 is 15.9 Å². The molecule has 1 aromatic heterocycles. The van der Waals surface area contributed by atoms with Crippen molar-refractivity contribution in [3.8, 4) is 0 Å². The van der Waals surface area contributed by atoms with Crippen molar-refractivity contribution in [3.63, 3.8) is 0 Å². The number of nitrogens with one attached hydrogen (secondary N) is 1. The van der Waals surface area contributed by atoms with Gasteiger partial charge in [-0.3, -0.25) is 9.48 Å². The Morgan fingerprint density at radius 3 is 2.70 bits per heavy atom. The summed E-state index contributed by atoms with van der Waals surface area (Å²) in [5, 5.41) is 7.67. The quantitative estimate of drug-likeness (QED) is 0.781. The maximum Gasteiger partial charge on any atom is 0.223 e. The van der Waals surface area contributed by atoms with Crippen LogP contribution in [0.25, 0.3) is 0 Å². The molecule has 0 spiro atoms. The third kappa shape index (κ3) is 5.21. The molecule has 0 radical (unpaired) electrons. The van der Waals surface area contributed by atoms with E-state index >= 15 is 0 Å². The molecule has 0 fully saturated rings. The number of hydrogen-bond donors (Lipinski definition) is 2. The highest BCUT2D eigenvalue weighted by Gasteiger charge is 2.12. The van der Waals surface area contributed by atoms with Gasteiger partial charge in [0.15, 0.2) is 0 Å². The van der Waals surface area contributed by atoms with Crippen molar-refractivity contribution in [1.82, 2.24) is 15.1 Å². The molecule has 5 nitrogen and oxygen atoms in total. The third-order valence-electron chi connectivity index (χ3n) is 2.81. The van der Waals surface area contributed by atoms with Gasteiger partial charge in [-0.1, -0.05) is 15.9 Å². The second-order valence-corrected chi connectivity index (χ2v) is 6.07. The van der Waals surface area contributed by atoms with E-state index in [1.165, 1.54) is 0 Å². The predicted octanol–water partition coefficient (Wildman–Crippen LogP) is 2.52. The van der Waals surface area contributed by atoms with Crippen LogP contribution in [-0.2, 0) is 11.8 Å². The molecule has 0 aliphatic carbocycles. The lowest BCUT2D eigenvalue weighted by Crippen LogP contribution is -2.24. The van der Waals surface area contributed by atoms with E-state index in [1.807, 2.05) is 46.2 Å². The number of rotatable bonds is 6. The lowest BCUT2D eigenvalue weighted by atomic mass is 10.1. The number of carbonyl (C=O) groups excluding carboxylic acids is 1. The van der Waals surface area contributed by atoms with Crippen molar-refractivity contribution in [1.29, 1.82) is 0 Å². The second kappa shape index (κ2) is 7.28. The van der Waals surface area contributed by atoms with Gasteiger partial charge in [-0.15, -0.1) is 0 Å². The minimum absolute atomic E-state index is 0.00420. The Hall–Kier alpha value is -1.56. The van der Waals surface area contributed by atoms with E-state index in [1.54, 1.807) is 4.68 Å². The molecule has 20 heavy (non-hydrogen) atoms. The molecular weight excluding hydrogens is 320 g/mol. The van der Waals surface area contributed by atoms with E-state index in [4.69, 9.17) is 5.73 Å². The summed E-state index contributed by atoms with van der Waals surface area (Å²) in [6.07, 6.45) is 4.02. The van der Waals surface area contributed by atoms with Gasteiger partial charge in [-0.2, -0.15) is 5.10 Å². The summed E-state index contributed by atoms with van der Waals surface area (Å²) in [5.74, 6) is -0.360. The first-order valence-corrected chi connectivity index (χ1v) is 7.16. The number of nitrogens with two attached hydrogens (primary N) is 1. The van der Waals surface area contributed by atoms with Gasteiger partial charge in [0.1, 0.15) is 0 Å². The van der Waals surface area contributed by atoms with Crippen molar-refractivity contribution in [3.05, 3.63) is 39.8 Å². The lowest BCUT2D eigenvalue weighted by Gasteiger charge is -2.17. The lowest BCUT2D eigenvalue weighted by molar-refractivity contribution is -0.117. The van der Waals surface area contributed by atoms with Gasteiger partial charge in [-0.25, -0.2) is 0 Å². The Labute approximate surface area is 128 Å². The van der Waals surface area contributed by atoms with Gasteiger partial charge in [0.25, 0.3) is 0 Å². The van der Waals surface area contributed by atoms with Crippen LogP contribution in [0.4, 0.5) is 0 Å². The molecule has 0 aromatic carbocycles. The van der Waals surface area contributed by atoms with Crippen LogP contribution < -0.4 is 11.1 Å². The Kier molecular flexibility index (Phi) is 6.01. The highest BCUT2D eigenvalue weighted by molar-refractivity contribution is 9.11. The molecule has 1 atom stereocenters. The first kappa shape index (κ1) is 16.5. The number of halogens is 1. The average Bonchev–Trinajstić information content (AvgIpc) is 2.73. The fourth-order valence-corrected chi connectivity index (χ4v) is 2.21. The monoisotopic (exact) mass is 340 g/mol. The number of aromatic nitrogens is 2. The average molecular weight is 341 g/mol. The molecule has 0 aliphatic rings. The molecule has 1 aromatic rings. The fourth-order valence-electron chi connectivity index (χ4n) is 1.86. The van der Waals surface area contributed by atoms with E-state index < -0.39 is 0 Å². The van der Waals surface area contributed by atoms with Crippen molar-refractivity contribution < 1.29 is 4.79 Å². The summed E-state index contributed by atoms with van der Waals surface area (Å²) in [6.45, 7) is 5.88. The van der Waals surface area contributed by atoms with Crippen molar-refractivity contribution >= 4 is 21.8 Å². The molecule has 0 saturated heterocycles. The molecule has 0 bridgehead atoms. The number of nitrogens with zero attached hydrogens (tertiary/aromatic N) is 2. The molecule has 0 saturated carbocycles. The zero-order chi connectivity index (χ0) is 15.3. The zero-order valence-electron chi connectivity index (χ0n) is 12.3. The Morgan fingerprint density at radius 2 is 2.25 bits per heavy atom. The predicted molar refractivity (Wildman–Crippen MR) is 84.0 cm³/mol. The van der Waals surface area contributed by atoms with Crippen molar-refractivity contribution in [2.75, 3.05) is 0 Å². The van der Waals surface area contributed by atoms with E-state index in [0.717, 1.165) is 21.4 Å². The maximum absolute atomic E-state index is 11.2. The molecule has 0 aliphatic heterocycles. The summed E-state index contributed by atoms with van der Waals surface area (Å²) in [5.41, 5.74) is 8.02. The van der Waals surface area contributed by atoms with Crippen LogP contribution in [0.3, 0.4) is 0 Å². The summed E-state index contributed by atoms with van der Waals surface area (Å²) in [6, 6.07) is 1.95. The SMILES string of the molecule is CC(/C=C(\C)Br)=C(\CC(N)=O)NC(C)c1ccn(C)n1. The van der Waals surface area contributed by atoms with Crippen LogP contribution in [-0.4, -0.2) is 15.7 Å². The standard InChI is InChI=1S/C14H21BrN4O/c1-9(7-10(2)15)13(8-14(16)20)17-11(3)12-5-6-19(4)18-12/h5-7,11,17H,8H2,1-4H3,(H2,16,20)/b10-7+,13-9-. The van der Waals surface area contributed by atoms with Crippen molar-refractivity contribution in [2.45, 2.75) is 33.2 Å². The fraction of sp³-hybridized carbons (Fsp3) is 0.429. The number of hydrogen-bond acceptors (Lipinski definition) is 3. The van der Waals surface area contributed by atoms with Gasteiger partial charge in [0.05, 0.1) is 18.2 Å². The zero-order valence-corrected chi connectivity index (χ0v) is 13.9. The summed E-state index contributed by atoms with van der Waals surface area (Å²) < 4.78 is 2.74. The molecule has 6 heteroatoms. The number of amides is 1. The summed E-state index contributed by atoms with van der Waals surface area (Å²) in [4.78, 5) is 11.2. The number of carbonyl (C=O) groups is 1. The molecule has 1 unspecified atom stereocenters. The Morgan fingerprint density at radius 1 is 1.60 bits per heavy atom. The smallest absolute Gasteiger partial charge is 0.223 e. The van der Waals surface area contributed by atoms with Gasteiger partial charge >= 0.3 is 0 Å². The summed E-state index contributed by atoms with van der Waals surface area (Å²) in [7, 11) is 1.87. The van der Waals surface area contributed by atoms with Crippen molar-refractivity contribution in [2.24, 2.45) is 12.8 Å². The molecular formula is C14H21BrN4O. The van der Waals surface area contributed by atoms with Gasteiger partial charge in [0, 0.05) is 18.9 Å². The van der Waals surface area contributed by atoms with Crippen LogP contribution in [0.2, 0.25) is 0 Å². The largest absolute Gasteiger partial charge is 0.380 e. The maximum atomic E-state index is 11.2. The molecule has 1 rings (SSSR count). The third-order valence-corrected chi connectivity index (χ3v) is 3.04. The minimum Gasteiger partial charge on any atom is -0.380 e. The summed E-state index contributed by atoms with van der Waals surface area (Å²) >= 11 is 3.39. The topological polar surface area (TPSA) is 72.9 Å². The first-order chi connectivity index (χ1) is 9.29. The van der Waals surface area contributed by atoms with Gasteiger partial charge in [0.2, 0.25) is 5.91 Å².